The number of carbonyl (C=O) groups is 1. The average Bonchev–Trinajstić information content (AvgIpc) is 2.66. The summed E-state index contributed by atoms with van der Waals surface area (Å²) in [6.07, 6.45) is -4.19. The maximum atomic E-state index is 12.0. The molecule has 2 N–H and O–H groups in total. The van der Waals surface area contributed by atoms with Gasteiger partial charge in [-0.2, -0.15) is 13.2 Å². The Balaban J connectivity index is 1.87. The van der Waals surface area contributed by atoms with Crippen molar-refractivity contribution in [1.29, 1.82) is 0 Å². The summed E-state index contributed by atoms with van der Waals surface area (Å²) < 4.78 is 35.9. The van der Waals surface area contributed by atoms with E-state index >= 15 is 0 Å². The molecule has 0 aliphatic carbocycles. The first-order chi connectivity index (χ1) is 7.97. The van der Waals surface area contributed by atoms with Gasteiger partial charge in [0.15, 0.2) is 0 Å². The summed E-state index contributed by atoms with van der Waals surface area (Å²) >= 11 is 0. The SMILES string of the molecule is O=C(NC[C@@H]1Cc2ccccc2N1)C(F)(F)F. The molecule has 1 atom stereocenters. The first-order valence-electron chi connectivity index (χ1n) is 5.16. The minimum atomic E-state index is -4.81. The molecular weight excluding hydrogens is 233 g/mol. The van der Waals surface area contributed by atoms with Crippen molar-refractivity contribution in [3.05, 3.63) is 29.8 Å². The highest BCUT2D eigenvalue weighted by Gasteiger charge is 2.38. The van der Waals surface area contributed by atoms with Gasteiger partial charge >= 0.3 is 12.1 Å². The number of amides is 1. The van der Waals surface area contributed by atoms with E-state index in [1.165, 1.54) is 0 Å². The van der Waals surface area contributed by atoms with E-state index in [4.69, 9.17) is 0 Å². The van der Waals surface area contributed by atoms with Gasteiger partial charge in [-0.25, -0.2) is 0 Å². The fourth-order valence-corrected chi connectivity index (χ4v) is 1.81. The fourth-order valence-electron chi connectivity index (χ4n) is 1.81. The summed E-state index contributed by atoms with van der Waals surface area (Å²) in [5.41, 5.74) is 1.97. The van der Waals surface area contributed by atoms with E-state index in [1.807, 2.05) is 29.6 Å². The molecule has 17 heavy (non-hydrogen) atoms. The third-order valence-corrected chi connectivity index (χ3v) is 2.61. The Morgan fingerprint density at radius 3 is 2.76 bits per heavy atom. The predicted molar refractivity (Wildman–Crippen MR) is 56.6 cm³/mol. The van der Waals surface area contributed by atoms with Gasteiger partial charge in [-0.15, -0.1) is 0 Å². The molecule has 0 bridgehead atoms. The number of fused-ring (bicyclic) bond motifs is 1. The van der Waals surface area contributed by atoms with Crippen molar-refractivity contribution in [1.82, 2.24) is 5.32 Å². The van der Waals surface area contributed by atoms with Gasteiger partial charge in [-0.1, -0.05) is 18.2 Å². The third-order valence-electron chi connectivity index (χ3n) is 2.61. The number of benzene rings is 1. The first kappa shape index (κ1) is 11.8. The van der Waals surface area contributed by atoms with E-state index in [9.17, 15) is 18.0 Å². The van der Waals surface area contributed by atoms with Crippen LogP contribution in [0.25, 0.3) is 0 Å². The molecule has 0 saturated carbocycles. The number of halogens is 3. The van der Waals surface area contributed by atoms with Crippen LogP contribution in [0, 0.1) is 0 Å². The molecule has 92 valence electrons. The van der Waals surface area contributed by atoms with Gasteiger partial charge in [0, 0.05) is 18.3 Å². The zero-order chi connectivity index (χ0) is 12.5. The highest BCUT2D eigenvalue weighted by molar-refractivity contribution is 5.81. The summed E-state index contributed by atoms with van der Waals surface area (Å²) in [5, 5.41) is 4.93. The normalized spacial score (nSPS) is 18.4. The number of hydrogen-bond donors (Lipinski definition) is 2. The van der Waals surface area contributed by atoms with Crippen molar-refractivity contribution < 1.29 is 18.0 Å². The van der Waals surface area contributed by atoms with Crippen LogP contribution in [0.2, 0.25) is 0 Å². The largest absolute Gasteiger partial charge is 0.471 e. The Labute approximate surface area is 96.0 Å². The number of para-hydroxylation sites is 1. The molecule has 2 rings (SSSR count). The smallest absolute Gasteiger partial charge is 0.380 e. The third kappa shape index (κ3) is 2.69. The number of carbonyl (C=O) groups excluding carboxylic acids is 1. The highest BCUT2D eigenvalue weighted by Crippen LogP contribution is 2.24. The lowest BCUT2D eigenvalue weighted by molar-refractivity contribution is -0.173. The number of hydrogen-bond acceptors (Lipinski definition) is 2. The summed E-state index contributed by atoms with van der Waals surface area (Å²) in [7, 11) is 0. The van der Waals surface area contributed by atoms with Crippen LogP contribution in [0.5, 0.6) is 0 Å². The molecule has 0 unspecified atom stereocenters. The maximum absolute atomic E-state index is 12.0. The van der Waals surface area contributed by atoms with Crippen LogP contribution in [0.15, 0.2) is 24.3 Å². The summed E-state index contributed by atoms with van der Waals surface area (Å²) in [4.78, 5) is 10.6. The fraction of sp³-hybridized carbons (Fsp3) is 0.364. The van der Waals surface area contributed by atoms with E-state index in [1.54, 1.807) is 0 Å². The molecule has 3 nitrogen and oxygen atoms in total. The minimum Gasteiger partial charge on any atom is -0.380 e. The van der Waals surface area contributed by atoms with Gasteiger partial charge in [0.25, 0.3) is 0 Å². The molecule has 1 aromatic carbocycles. The van der Waals surface area contributed by atoms with E-state index < -0.39 is 12.1 Å². The number of nitrogens with one attached hydrogen (secondary N) is 2. The van der Waals surface area contributed by atoms with Crippen LogP contribution in [-0.2, 0) is 11.2 Å². The molecule has 1 aliphatic heterocycles. The first-order valence-corrected chi connectivity index (χ1v) is 5.16. The minimum absolute atomic E-state index is 0.0347. The molecular formula is C11H11F3N2O. The van der Waals surface area contributed by atoms with Crippen LogP contribution in [0.1, 0.15) is 5.56 Å². The van der Waals surface area contributed by atoms with Gasteiger partial charge in [-0.05, 0) is 18.1 Å². The Kier molecular flexibility index (Phi) is 2.95. The predicted octanol–water partition coefficient (Wildman–Crippen LogP) is 1.70. The van der Waals surface area contributed by atoms with Crippen LogP contribution in [-0.4, -0.2) is 24.7 Å². The Morgan fingerprint density at radius 2 is 2.12 bits per heavy atom. The monoisotopic (exact) mass is 244 g/mol. The lowest BCUT2D eigenvalue weighted by atomic mass is 10.1. The number of alkyl halides is 3. The zero-order valence-electron chi connectivity index (χ0n) is 8.84. The Hall–Kier alpha value is -1.72. The van der Waals surface area contributed by atoms with Gasteiger partial charge < -0.3 is 10.6 Å². The summed E-state index contributed by atoms with van der Waals surface area (Å²) in [6, 6.07) is 7.31. The Morgan fingerprint density at radius 1 is 1.41 bits per heavy atom. The molecule has 0 aromatic heterocycles. The van der Waals surface area contributed by atoms with E-state index in [0.717, 1.165) is 11.3 Å². The molecule has 1 aromatic rings. The van der Waals surface area contributed by atoms with Crippen LogP contribution < -0.4 is 10.6 Å². The van der Waals surface area contributed by atoms with Gasteiger partial charge in [-0.3, -0.25) is 4.79 Å². The van der Waals surface area contributed by atoms with Crippen molar-refractivity contribution >= 4 is 11.6 Å². The van der Waals surface area contributed by atoms with E-state index in [0.29, 0.717) is 6.42 Å². The maximum Gasteiger partial charge on any atom is 0.471 e. The quantitative estimate of drug-likeness (QED) is 0.831. The second-order valence-corrected chi connectivity index (χ2v) is 3.91. The standard InChI is InChI=1S/C11H11F3N2O/c12-11(13,14)10(17)15-6-8-5-7-3-1-2-4-9(7)16-8/h1-4,8,16H,5-6H2,(H,15,17)/t8-/m0/s1. The second kappa shape index (κ2) is 4.27. The van der Waals surface area contributed by atoms with Crippen LogP contribution in [0.4, 0.5) is 18.9 Å². The van der Waals surface area contributed by atoms with Gasteiger partial charge in [0.1, 0.15) is 0 Å². The molecule has 0 saturated heterocycles. The molecule has 1 heterocycles. The van der Waals surface area contributed by atoms with Crippen molar-refractivity contribution in [3.63, 3.8) is 0 Å². The van der Waals surface area contributed by atoms with Crippen LogP contribution >= 0.6 is 0 Å². The van der Waals surface area contributed by atoms with E-state index in [2.05, 4.69) is 5.32 Å². The van der Waals surface area contributed by atoms with E-state index in [-0.39, 0.29) is 12.6 Å². The van der Waals surface area contributed by atoms with Crippen molar-refractivity contribution in [2.75, 3.05) is 11.9 Å². The number of anilines is 1. The lowest BCUT2D eigenvalue weighted by Crippen LogP contribution is -2.42. The van der Waals surface area contributed by atoms with Gasteiger partial charge in [0.05, 0.1) is 0 Å². The summed E-state index contributed by atoms with van der Waals surface area (Å²) in [5.74, 6) is -1.89. The molecule has 0 spiro atoms. The van der Waals surface area contributed by atoms with Gasteiger partial charge in [0.2, 0.25) is 0 Å². The Bertz CT molecular complexity index is 406. The topological polar surface area (TPSA) is 41.1 Å². The van der Waals surface area contributed by atoms with Crippen molar-refractivity contribution in [3.8, 4) is 0 Å². The highest BCUT2D eigenvalue weighted by atomic mass is 19.4. The molecule has 1 aliphatic rings. The van der Waals surface area contributed by atoms with Crippen LogP contribution in [0.3, 0.4) is 0 Å². The number of rotatable bonds is 2. The van der Waals surface area contributed by atoms with Crippen molar-refractivity contribution in [2.24, 2.45) is 0 Å². The lowest BCUT2D eigenvalue weighted by Gasteiger charge is -2.13. The average molecular weight is 244 g/mol. The molecule has 0 fully saturated rings. The zero-order valence-corrected chi connectivity index (χ0v) is 8.84. The summed E-state index contributed by atoms with van der Waals surface area (Å²) in [6.45, 7) is -0.0347. The molecule has 1 amide bonds. The molecule has 0 radical (unpaired) electrons. The van der Waals surface area contributed by atoms with Crippen molar-refractivity contribution in [2.45, 2.75) is 18.6 Å². The second-order valence-electron chi connectivity index (χ2n) is 3.91. The molecule has 6 heteroatoms.